The van der Waals surface area contributed by atoms with Crippen LogP contribution in [0.25, 0.3) is 0 Å². The van der Waals surface area contributed by atoms with Crippen molar-refractivity contribution >= 4 is 0 Å². The van der Waals surface area contributed by atoms with Crippen molar-refractivity contribution in [2.75, 3.05) is 26.2 Å². The van der Waals surface area contributed by atoms with E-state index >= 15 is 0 Å². The Bertz CT molecular complexity index is 399. The quantitative estimate of drug-likeness (QED) is 0.843. The van der Waals surface area contributed by atoms with Crippen LogP contribution in [0.3, 0.4) is 0 Å². The lowest BCUT2D eigenvalue weighted by atomic mass is 9.93. The molecule has 92 valence electrons. The summed E-state index contributed by atoms with van der Waals surface area (Å²) in [6, 6.07) is 5.80. The van der Waals surface area contributed by atoms with Gasteiger partial charge in [-0.1, -0.05) is 12.1 Å². The van der Waals surface area contributed by atoms with E-state index in [1.54, 1.807) is 6.07 Å². The average Bonchev–Trinajstić information content (AvgIpc) is 2.83. The number of hydrogen-bond acceptors (Lipinski definition) is 2. The highest BCUT2D eigenvalue weighted by Crippen LogP contribution is 2.26. The van der Waals surface area contributed by atoms with Gasteiger partial charge in [-0.15, -0.1) is 0 Å². The number of nitrogens with one attached hydrogen (secondary N) is 1. The topological polar surface area (TPSA) is 15.3 Å². The van der Waals surface area contributed by atoms with Crippen LogP contribution in [0.4, 0.5) is 4.39 Å². The molecule has 1 aromatic rings. The first-order chi connectivity index (χ1) is 8.34. The van der Waals surface area contributed by atoms with Gasteiger partial charge < -0.3 is 10.2 Å². The monoisotopic (exact) mass is 234 g/mol. The molecule has 0 aliphatic carbocycles. The minimum Gasteiger partial charge on any atom is -0.309 e. The maximum Gasteiger partial charge on any atom is 0.126 e. The van der Waals surface area contributed by atoms with Crippen LogP contribution in [0.5, 0.6) is 0 Å². The Hall–Kier alpha value is -0.930. The summed E-state index contributed by atoms with van der Waals surface area (Å²) < 4.78 is 13.7. The molecular formula is C14H19FN2. The van der Waals surface area contributed by atoms with Crippen LogP contribution in [0.1, 0.15) is 30.0 Å². The molecule has 3 rings (SSSR count). The second-order valence-electron chi connectivity index (χ2n) is 5.07. The molecule has 3 heteroatoms. The van der Waals surface area contributed by atoms with Crippen LogP contribution in [0.15, 0.2) is 18.2 Å². The number of fused-ring (bicyclic) bond motifs is 1. The third kappa shape index (κ3) is 2.22. The van der Waals surface area contributed by atoms with Gasteiger partial charge in [0, 0.05) is 12.6 Å². The number of hydrogen-bond donors (Lipinski definition) is 1. The predicted molar refractivity (Wildman–Crippen MR) is 66.5 cm³/mol. The second kappa shape index (κ2) is 4.75. The molecule has 17 heavy (non-hydrogen) atoms. The predicted octanol–water partition coefficient (Wildman–Crippen LogP) is 2.11. The van der Waals surface area contributed by atoms with Crippen molar-refractivity contribution in [2.45, 2.75) is 25.3 Å². The Morgan fingerprint density at radius 2 is 2.12 bits per heavy atom. The van der Waals surface area contributed by atoms with E-state index in [2.05, 4.69) is 16.3 Å². The van der Waals surface area contributed by atoms with Crippen molar-refractivity contribution in [3.05, 3.63) is 35.1 Å². The third-order valence-corrected chi connectivity index (χ3v) is 3.94. The maximum atomic E-state index is 13.7. The SMILES string of the molecule is Fc1cccc2c1CCNC2CN1CCCC1. The van der Waals surface area contributed by atoms with E-state index < -0.39 is 0 Å². The van der Waals surface area contributed by atoms with Crippen molar-refractivity contribution in [1.29, 1.82) is 0 Å². The lowest BCUT2D eigenvalue weighted by Gasteiger charge is -2.30. The smallest absolute Gasteiger partial charge is 0.126 e. The summed E-state index contributed by atoms with van der Waals surface area (Å²) >= 11 is 0. The Labute approximate surface area is 102 Å². The molecular weight excluding hydrogens is 215 g/mol. The molecule has 1 aromatic carbocycles. The molecule has 0 spiro atoms. The molecule has 2 aliphatic heterocycles. The van der Waals surface area contributed by atoms with Crippen molar-refractivity contribution < 1.29 is 4.39 Å². The van der Waals surface area contributed by atoms with Crippen LogP contribution >= 0.6 is 0 Å². The van der Waals surface area contributed by atoms with E-state index in [-0.39, 0.29) is 5.82 Å². The van der Waals surface area contributed by atoms with Crippen molar-refractivity contribution in [3.63, 3.8) is 0 Å². The second-order valence-corrected chi connectivity index (χ2v) is 5.07. The van der Waals surface area contributed by atoms with Crippen LogP contribution in [0, 0.1) is 5.82 Å². The van der Waals surface area contributed by atoms with E-state index in [1.807, 2.05) is 6.07 Å². The van der Waals surface area contributed by atoms with Crippen LogP contribution in [0.2, 0.25) is 0 Å². The van der Waals surface area contributed by atoms with Gasteiger partial charge in [0.25, 0.3) is 0 Å². The molecule has 0 saturated carbocycles. The molecule has 1 fully saturated rings. The lowest BCUT2D eigenvalue weighted by molar-refractivity contribution is 0.286. The fourth-order valence-corrected chi connectivity index (χ4v) is 3.03. The van der Waals surface area contributed by atoms with Gasteiger partial charge in [0.2, 0.25) is 0 Å². The zero-order chi connectivity index (χ0) is 11.7. The summed E-state index contributed by atoms with van der Waals surface area (Å²) in [5, 5.41) is 3.52. The van der Waals surface area contributed by atoms with Crippen molar-refractivity contribution in [3.8, 4) is 0 Å². The van der Waals surface area contributed by atoms with E-state index in [1.165, 1.54) is 31.5 Å². The van der Waals surface area contributed by atoms with Gasteiger partial charge in [-0.25, -0.2) is 4.39 Å². The summed E-state index contributed by atoms with van der Waals surface area (Å²) in [4.78, 5) is 2.48. The Morgan fingerprint density at radius 1 is 1.29 bits per heavy atom. The number of nitrogens with zero attached hydrogens (tertiary/aromatic N) is 1. The number of halogens is 1. The van der Waals surface area contributed by atoms with Crippen molar-refractivity contribution in [1.82, 2.24) is 10.2 Å². The maximum absolute atomic E-state index is 13.7. The van der Waals surface area contributed by atoms with Gasteiger partial charge in [0.15, 0.2) is 0 Å². The fourth-order valence-electron chi connectivity index (χ4n) is 3.03. The number of likely N-dealkylation sites (tertiary alicyclic amines) is 1. The van der Waals surface area contributed by atoms with Crippen LogP contribution < -0.4 is 5.32 Å². The first-order valence-corrected chi connectivity index (χ1v) is 6.57. The normalized spacial score (nSPS) is 24.9. The van der Waals surface area contributed by atoms with Gasteiger partial charge in [0.05, 0.1) is 0 Å². The Morgan fingerprint density at radius 3 is 2.94 bits per heavy atom. The minimum absolute atomic E-state index is 0.0320. The molecule has 2 aliphatic rings. The molecule has 2 nitrogen and oxygen atoms in total. The number of benzene rings is 1. The van der Waals surface area contributed by atoms with Gasteiger partial charge in [0.1, 0.15) is 5.82 Å². The van der Waals surface area contributed by atoms with E-state index in [0.717, 1.165) is 25.1 Å². The fraction of sp³-hybridized carbons (Fsp3) is 0.571. The molecule has 0 radical (unpaired) electrons. The van der Waals surface area contributed by atoms with E-state index in [0.29, 0.717) is 6.04 Å². The van der Waals surface area contributed by atoms with E-state index in [9.17, 15) is 4.39 Å². The Kier molecular flexibility index (Phi) is 3.12. The highest BCUT2D eigenvalue weighted by Gasteiger charge is 2.24. The first kappa shape index (κ1) is 11.2. The summed E-state index contributed by atoms with van der Waals surface area (Å²) in [6.45, 7) is 4.31. The molecule has 2 heterocycles. The number of rotatable bonds is 2. The standard InChI is InChI=1S/C14H19FN2/c15-13-5-3-4-12-11(13)6-7-16-14(12)10-17-8-1-2-9-17/h3-5,14,16H,1-2,6-10H2. The zero-order valence-electron chi connectivity index (χ0n) is 10.1. The molecule has 0 amide bonds. The molecule has 0 aromatic heterocycles. The Balaban J connectivity index is 1.81. The summed E-state index contributed by atoms with van der Waals surface area (Å²) in [5.74, 6) is -0.0320. The molecule has 0 bridgehead atoms. The molecule has 1 atom stereocenters. The van der Waals surface area contributed by atoms with Crippen molar-refractivity contribution in [2.24, 2.45) is 0 Å². The highest BCUT2D eigenvalue weighted by molar-refractivity contribution is 5.34. The van der Waals surface area contributed by atoms with Gasteiger partial charge in [-0.2, -0.15) is 0 Å². The van der Waals surface area contributed by atoms with Gasteiger partial charge in [-0.05, 0) is 56.1 Å². The highest BCUT2D eigenvalue weighted by atomic mass is 19.1. The average molecular weight is 234 g/mol. The summed E-state index contributed by atoms with van der Waals surface area (Å²) in [5.41, 5.74) is 2.10. The van der Waals surface area contributed by atoms with E-state index in [4.69, 9.17) is 0 Å². The lowest BCUT2D eigenvalue weighted by Crippen LogP contribution is -2.38. The van der Waals surface area contributed by atoms with Crippen LogP contribution in [-0.2, 0) is 6.42 Å². The largest absolute Gasteiger partial charge is 0.309 e. The molecule has 1 saturated heterocycles. The third-order valence-electron chi connectivity index (χ3n) is 3.94. The summed E-state index contributed by atoms with van der Waals surface area (Å²) in [7, 11) is 0. The van der Waals surface area contributed by atoms with Gasteiger partial charge in [-0.3, -0.25) is 0 Å². The van der Waals surface area contributed by atoms with Crippen LogP contribution in [-0.4, -0.2) is 31.1 Å². The minimum atomic E-state index is -0.0320. The molecule has 1 N–H and O–H groups in total. The summed E-state index contributed by atoms with van der Waals surface area (Å²) in [6.07, 6.45) is 3.43. The van der Waals surface area contributed by atoms with Gasteiger partial charge >= 0.3 is 0 Å². The molecule has 1 unspecified atom stereocenters. The first-order valence-electron chi connectivity index (χ1n) is 6.57. The zero-order valence-corrected chi connectivity index (χ0v) is 10.1.